The fraction of sp³-hybridized carbons (Fsp3) is 0.786. The maximum absolute atomic E-state index is 12.4. The van der Waals surface area contributed by atoms with Gasteiger partial charge in [-0.3, -0.25) is 4.79 Å². The van der Waals surface area contributed by atoms with Crippen LogP contribution in [0.25, 0.3) is 0 Å². The highest BCUT2D eigenvalue weighted by Crippen LogP contribution is 2.76. The molecule has 2 heteroatoms. The zero-order chi connectivity index (χ0) is 10.9. The second kappa shape index (κ2) is 2.64. The molecule has 0 N–H and O–H groups in total. The zero-order valence-electron chi connectivity index (χ0n) is 9.48. The molecule has 5 rings (SSSR count). The van der Waals surface area contributed by atoms with E-state index in [0.717, 1.165) is 25.3 Å². The molecule has 5 aliphatic rings. The lowest BCUT2D eigenvalue weighted by Crippen LogP contribution is -2.56. The van der Waals surface area contributed by atoms with Crippen molar-refractivity contribution in [1.29, 1.82) is 0 Å². The van der Waals surface area contributed by atoms with Crippen molar-refractivity contribution in [2.24, 2.45) is 23.2 Å². The molecule has 3 saturated carbocycles. The van der Waals surface area contributed by atoms with Gasteiger partial charge in [0, 0.05) is 18.5 Å². The van der Waals surface area contributed by atoms with E-state index in [1.54, 1.807) is 0 Å². The van der Waals surface area contributed by atoms with Gasteiger partial charge in [-0.2, -0.15) is 0 Å². The minimum Gasteiger partial charge on any atom is -0.338 e. The van der Waals surface area contributed by atoms with Gasteiger partial charge >= 0.3 is 0 Å². The van der Waals surface area contributed by atoms with Crippen LogP contribution in [0.2, 0.25) is 0 Å². The van der Waals surface area contributed by atoms with E-state index in [0.29, 0.717) is 23.8 Å². The van der Waals surface area contributed by atoms with Crippen LogP contribution in [0, 0.1) is 35.5 Å². The summed E-state index contributed by atoms with van der Waals surface area (Å²) in [7, 11) is 0. The minimum atomic E-state index is 0.136. The molecule has 3 aliphatic carbocycles. The first-order valence-corrected chi connectivity index (χ1v) is 6.52. The van der Waals surface area contributed by atoms with Gasteiger partial charge in [-0.25, -0.2) is 0 Å². The summed E-state index contributed by atoms with van der Waals surface area (Å²) in [5.74, 6) is 5.14. The monoisotopic (exact) mass is 215 g/mol. The van der Waals surface area contributed by atoms with Crippen molar-refractivity contribution >= 4 is 5.91 Å². The van der Waals surface area contributed by atoms with E-state index in [4.69, 9.17) is 6.42 Å². The first kappa shape index (κ1) is 9.10. The van der Waals surface area contributed by atoms with Gasteiger partial charge in [0.15, 0.2) is 0 Å². The van der Waals surface area contributed by atoms with Crippen molar-refractivity contribution in [2.45, 2.75) is 38.1 Å². The summed E-state index contributed by atoms with van der Waals surface area (Å²) in [4.78, 5) is 14.6. The molecule has 0 aromatic rings. The number of carbonyl (C=O) groups excluding carboxylic acids is 1. The largest absolute Gasteiger partial charge is 0.338 e. The lowest BCUT2D eigenvalue weighted by Gasteiger charge is -2.49. The van der Waals surface area contributed by atoms with Gasteiger partial charge in [-0.15, -0.1) is 12.3 Å². The number of hydrogen-bond donors (Lipinski definition) is 0. The van der Waals surface area contributed by atoms with Gasteiger partial charge < -0.3 is 4.90 Å². The average molecular weight is 215 g/mol. The van der Waals surface area contributed by atoms with Crippen LogP contribution in [0.3, 0.4) is 0 Å². The predicted octanol–water partition coefficient (Wildman–Crippen LogP) is 1.66. The van der Waals surface area contributed by atoms with Gasteiger partial charge in [0.1, 0.15) is 0 Å². The maximum atomic E-state index is 12.4. The fourth-order valence-electron chi connectivity index (χ4n) is 3.94. The average Bonchev–Trinajstić information content (AvgIpc) is 3.17. The topological polar surface area (TPSA) is 20.3 Å². The Bertz CT molecular complexity index is 401. The van der Waals surface area contributed by atoms with E-state index in [9.17, 15) is 4.79 Å². The predicted molar refractivity (Wildman–Crippen MR) is 60.3 cm³/mol. The summed E-state index contributed by atoms with van der Waals surface area (Å²) < 4.78 is 0. The van der Waals surface area contributed by atoms with Gasteiger partial charge in [-0.1, -0.05) is 0 Å². The molecule has 2 nitrogen and oxygen atoms in total. The number of carbonyl (C=O) groups is 1. The first-order valence-electron chi connectivity index (χ1n) is 6.52. The maximum Gasteiger partial charge on any atom is 0.229 e. The van der Waals surface area contributed by atoms with E-state index in [-0.39, 0.29) is 5.41 Å². The van der Waals surface area contributed by atoms with Crippen LogP contribution >= 0.6 is 0 Å². The lowest BCUT2D eigenvalue weighted by molar-refractivity contribution is -0.144. The van der Waals surface area contributed by atoms with E-state index in [1.165, 1.54) is 19.3 Å². The molecule has 2 heterocycles. The third-order valence-corrected chi connectivity index (χ3v) is 5.36. The zero-order valence-corrected chi connectivity index (χ0v) is 9.48. The smallest absolute Gasteiger partial charge is 0.229 e. The summed E-state index contributed by atoms with van der Waals surface area (Å²) >= 11 is 0. The highest BCUT2D eigenvalue weighted by atomic mass is 16.2. The van der Waals surface area contributed by atoms with E-state index in [2.05, 4.69) is 10.8 Å². The Balaban J connectivity index is 1.60. The molecule has 3 unspecified atom stereocenters. The van der Waals surface area contributed by atoms with Crippen LogP contribution in [0.1, 0.15) is 32.1 Å². The number of piperidine rings is 2. The molecule has 0 spiro atoms. The SMILES string of the molecule is C#CC1CC2CCC1N(C(=O)C13CC1C3)C2. The molecule has 2 aliphatic heterocycles. The molecule has 2 saturated heterocycles. The Morgan fingerprint density at radius 2 is 2.12 bits per heavy atom. The van der Waals surface area contributed by atoms with Crippen molar-refractivity contribution in [2.75, 3.05) is 6.54 Å². The molecule has 5 fully saturated rings. The van der Waals surface area contributed by atoms with Gasteiger partial charge in [-0.05, 0) is 43.9 Å². The van der Waals surface area contributed by atoms with Crippen LogP contribution in [-0.2, 0) is 4.79 Å². The molecule has 0 aromatic heterocycles. The van der Waals surface area contributed by atoms with E-state index >= 15 is 0 Å². The third kappa shape index (κ3) is 0.973. The number of hydrogen-bond acceptors (Lipinski definition) is 1. The molecule has 0 aromatic carbocycles. The normalized spacial score (nSPS) is 51.8. The standard InChI is InChI=1S/C14H17NO/c1-2-10-5-9-3-4-12(10)15(8-9)13(16)14-6-11(14)7-14/h1,9-12H,3-8H2. The molecule has 1 amide bonds. The molecule has 3 atom stereocenters. The highest BCUT2D eigenvalue weighted by Gasteiger charge is 2.75. The summed E-state index contributed by atoms with van der Waals surface area (Å²) in [5, 5.41) is 0. The van der Waals surface area contributed by atoms with Crippen LogP contribution in [0.15, 0.2) is 0 Å². The van der Waals surface area contributed by atoms with Crippen molar-refractivity contribution in [3.05, 3.63) is 0 Å². The van der Waals surface area contributed by atoms with Crippen LogP contribution in [0.5, 0.6) is 0 Å². The molecular weight excluding hydrogens is 198 g/mol. The molecule has 2 bridgehead atoms. The van der Waals surface area contributed by atoms with Crippen molar-refractivity contribution in [3.8, 4) is 12.3 Å². The number of fused-ring (bicyclic) bond motifs is 4. The Morgan fingerprint density at radius 1 is 1.38 bits per heavy atom. The second-order valence-electron chi connectivity index (χ2n) is 6.24. The number of terminal acetylenes is 1. The van der Waals surface area contributed by atoms with Gasteiger partial charge in [0.2, 0.25) is 5.91 Å². The quantitative estimate of drug-likeness (QED) is 0.609. The lowest BCUT2D eigenvalue weighted by atomic mass is 9.73. The molecule has 84 valence electrons. The van der Waals surface area contributed by atoms with Crippen LogP contribution in [-0.4, -0.2) is 23.4 Å². The molecular formula is C14H17NO. The fourth-order valence-corrected chi connectivity index (χ4v) is 3.94. The van der Waals surface area contributed by atoms with Crippen molar-refractivity contribution in [3.63, 3.8) is 0 Å². The Labute approximate surface area is 96.4 Å². The third-order valence-electron chi connectivity index (χ3n) is 5.36. The summed E-state index contributed by atoms with van der Waals surface area (Å²) in [6.07, 6.45) is 11.5. The number of nitrogens with zero attached hydrogens (tertiary/aromatic N) is 1. The summed E-state index contributed by atoms with van der Waals surface area (Å²) in [5.41, 5.74) is 0.136. The van der Waals surface area contributed by atoms with E-state index in [1.807, 2.05) is 0 Å². The minimum absolute atomic E-state index is 0.136. The number of rotatable bonds is 1. The van der Waals surface area contributed by atoms with Crippen molar-refractivity contribution < 1.29 is 4.79 Å². The van der Waals surface area contributed by atoms with Gasteiger partial charge in [0.05, 0.1) is 5.41 Å². The first-order chi connectivity index (χ1) is 7.74. The van der Waals surface area contributed by atoms with E-state index < -0.39 is 0 Å². The Hall–Kier alpha value is -0.970. The van der Waals surface area contributed by atoms with Gasteiger partial charge in [0.25, 0.3) is 0 Å². The number of amides is 1. The summed E-state index contributed by atoms with van der Waals surface area (Å²) in [6.45, 7) is 0.996. The van der Waals surface area contributed by atoms with Crippen LogP contribution in [0.4, 0.5) is 0 Å². The summed E-state index contributed by atoms with van der Waals surface area (Å²) in [6, 6.07) is 0.374. The van der Waals surface area contributed by atoms with Crippen molar-refractivity contribution in [1.82, 2.24) is 4.90 Å². The highest BCUT2D eigenvalue weighted by molar-refractivity contribution is 5.90. The Morgan fingerprint density at radius 3 is 2.69 bits per heavy atom. The molecule has 0 radical (unpaired) electrons. The Kier molecular flexibility index (Phi) is 1.50. The molecule has 16 heavy (non-hydrogen) atoms. The van der Waals surface area contributed by atoms with Crippen LogP contribution < -0.4 is 0 Å². The second-order valence-corrected chi connectivity index (χ2v) is 6.24.